The quantitative estimate of drug-likeness (QED) is 0.782. The van der Waals surface area contributed by atoms with E-state index in [1.165, 1.54) is 6.33 Å². The maximum Gasteiger partial charge on any atom is 0.218 e. The molecule has 0 saturated carbocycles. The van der Waals surface area contributed by atoms with Gasteiger partial charge in [0.25, 0.3) is 0 Å². The van der Waals surface area contributed by atoms with Crippen molar-refractivity contribution in [2.45, 2.75) is 27.2 Å². The van der Waals surface area contributed by atoms with Gasteiger partial charge in [-0.3, -0.25) is 0 Å². The number of hydrogen-bond acceptors (Lipinski definition) is 5. The van der Waals surface area contributed by atoms with Gasteiger partial charge in [-0.05, 0) is 25.9 Å². The molecule has 0 aromatic carbocycles. The Balaban J connectivity index is 2.52. The van der Waals surface area contributed by atoms with Crippen molar-refractivity contribution in [2.75, 3.05) is 39.1 Å². The van der Waals surface area contributed by atoms with Gasteiger partial charge in [-0.1, -0.05) is 20.8 Å². The van der Waals surface area contributed by atoms with Crippen molar-refractivity contribution in [1.82, 2.24) is 14.9 Å². The fraction of sp³-hybridized carbons (Fsp3) is 0.714. The van der Waals surface area contributed by atoms with Crippen molar-refractivity contribution in [2.24, 2.45) is 5.41 Å². The Kier molecular flexibility index (Phi) is 6.02. The molecule has 1 aromatic rings. The Morgan fingerprint density at radius 3 is 2.68 bits per heavy atom. The van der Waals surface area contributed by atoms with Gasteiger partial charge in [0.2, 0.25) is 5.88 Å². The predicted octanol–water partition coefficient (Wildman–Crippen LogP) is 2.27. The van der Waals surface area contributed by atoms with Crippen LogP contribution in [0.25, 0.3) is 0 Å². The van der Waals surface area contributed by atoms with E-state index in [0.29, 0.717) is 12.5 Å². The van der Waals surface area contributed by atoms with Crippen LogP contribution >= 0.6 is 0 Å². The third-order valence-corrected chi connectivity index (χ3v) is 2.59. The van der Waals surface area contributed by atoms with E-state index in [1.807, 2.05) is 6.07 Å². The standard InChI is InChI=1S/C14H26N4O/c1-6-7-19-13-8-12(16-11-17-13)15-9-14(2,3)10-18(4)5/h8,11H,6-7,9-10H2,1-5H3,(H,15,16,17). The molecule has 0 radical (unpaired) electrons. The van der Waals surface area contributed by atoms with Crippen LogP contribution < -0.4 is 10.1 Å². The van der Waals surface area contributed by atoms with Crippen LogP contribution in [0.2, 0.25) is 0 Å². The molecule has 0 aliphatic rings. The second kappa shape index (κ2) is 7.28. The second-order valence-electron chi connectivity index (χ2n) is 5.85. The largest absolute Gasteiger partial charge is 0.478 e. The van der Waals surface area contributed by atoms with Crippen molar-refractivity contribution >= 4 is 5.82 Å². The highest BCUT2D eigenvalue weighted by Crippen LogP contribution is 2.18. The first kappa shape index (κ1) is 15.7. The molecule has 108 valence electrons. The van der Waals surface area contributed by atoms with Crippen LogP contribution in [0, 0.1) is 5.41 Å². The monoisotopic (exact) mass is 266 g/mol. The normalized spacial score (nSPS) is 11.7. The van der Waals surface area contributed by atoms with Crippen LogP contribution in [-0.2, 0) is 0 Å². The molecule has 0 spiro atoms. The van der Waals surface area contributed by atoms with E-state index in [2.05, 4.69) is 55.1 Å². The van der Waals surface area contributed by atoms with Gasteiger partial charge in [-0.2, -0.15) is 0 Å². The first-order chi connectivity index (χ1) is 8.93. The van der Waals surface area contributed by atoms with Crippen LogP contribution in [0.15, 0.2) is 12.4 Å². The van der Waals surface area contributed by atoms with Crippen LogP contribution in [0.3, 0.4) is 0 Å². The topological polar surface area (TPSA) is 50.3 Å². The summed E-state index contributed by atoms with van der Waals surface area (Å²) >= 11 is 0. The zero-order chi connectivity index (χ0) is 14.3. The lowest BCUT2D eigenvalue weighted by atomic mass is 9.93. The van der Waals surface area contributed by atoms with Gasteiger partial charge in [-0.25, -0.2) is 9.97 Å². The molecule has 0 atom stereocenters. The molecule has 19 heavy (non-hydrogen) atoms. The van der Waals surface area contributed by atoms with Gasteiger partial charge in [0.05, 0.1) is 6.61 Å². The molecule has 5 heteroatoms. The van der Waals surface area contributed by atoms with Gasteiger partial charge >= 0.3 is 0 Å². The Morgan fingerprint density at radius 1 is 1.32 bits per heavy atom. The zero-order valence-electron chi connectivity index (χ0n) is 12.7. The Labute approximate surface area is 116 Å². The maximum absolute atomic E-state index is 5.49. The second-order valence-corrected chi connectivity index (χ2v) is 5.85. The van der Waals surface area contributed by atoms with Gasteiger partial charge < -0.3 is 15.0 Å². The number of nitrogens with zero attached hydrogens (tertiary/aromatic N) is 3. The molecule has 1 heterocycles. The molecule has 0 fully saturated rings. The molecular weight excluding hydrogens is 240 g/mol. The van der Waals surface area contributed by atoms with E-state index in [1.54, 1.807) is 0 Å². The molecule has 5 nitrogen and oxygen atoms in total. The fourth-order valence-corrected chi connectivity index (χ4v) is 1.96. The van der Waals surface area contributed by atoms with Crippen molar-refractivity contribution in [3.63, 3.8) is 0 Å². The summed E-state index contributed by atoms with van der Waals surface area (Å²) in [7, 11) is 4.17. The number of anilines is 1. The van der Waals surface area contributed by atoms with E-state index in [-0.39, 0.29) is 5.41 Å². The van der Waals surface area contributed by atoms with Crippen molar-refractivity contribution < 1.29 is 4.74 Å². The minimum atomic E-state index is 0.179. The highest BCUT2D eigenvalue weighted by Gasteiger charge is 2.18. The zero-order valence-corrected chi connectivity index (χ0v) is 12.7. The minimum absolute atomic E-state index is 0.179. The van der Waals surface area contributed by atoms with Crippen LogP contribution in [0.1, 0.15) is 27.2 Å². The SMILES string of the molecule is CCCOc1cc(NCC(C)(C)CN(C)C)ncn1. The summed E-state index contributed by atoms with van der Waals surface area (Å²) in [6.45, 7) is 9.09. The molecule has 1 N–H and O–H groups in total. The summed E-state index contributed by atoms with van der Waals surface area (Å²) < 4.78 is 5.49. The lowest BCUT2D eigenvalue weighted by Crippen LogP contribution is -2.34. The summed E-state index contributed by atoms with van der Waals surface area (Å²) in [5.41, 5.74) is 0.179. The molecule has 0 aliphatic carbocycles. The lowest BCUT2D eigenvalue weighted by Gasteiger charge is -2.28. The number of hydrogen-bond donors (Lipinski definition) is 1. The lowest BCUT2D eigenvalue weighted by molar-refractivity contribution is 0.254. The predicted molar refractivity (Wildman–Crippen MR) is 78.6 cm³/mol. The first-order valence-electron chi connectivity index (χ1n) is 6.76. The number of nitrogens with one attached hydrogen (secondary N) is 1. The number of rotatable bonds is 8. The Bertz CT molecular complexity index is 379. The van der Waals surface area contributed by atoms with E-state index in [0.717, 1.165) is 25.3 Å². The molecule has 0 saturated heterocycles. The fourth-order valence-electron chi connectivity index (χ4n) is 1.96. The van der Waals surface area contributed by atoms with Crippen LogP contribution in [0.5, 0.6) is 5.88 Å². The highest BCUT2D eigenvalue weighted by atomic mass is 16.5. The molecule has 0 aliphatic heterocycles. The average molecular weight is 266 g/mol. The Hall–Kier alpha value is -1.36. The Morgan fingerprint density at radius 2 is 2.05 bits per heavy atom. The van der Waals surface area contributed by atoms with Gasteiger partial charge in [0.1, 0.15) is 12.1 Å². The van der Waals surface area contributed by atoms with E-state index >= 15 is 0 Å². The summed E-state index contributed by atoms with van der Waals surface area (Å²) in [4.78, 5) is 10.5. The summed E-state index contributed by atoms with van der Waals surface area (Å²) in [5.74, 6) is 1.44. The number of aromatic nitrogens is 2. The average Bonchev–Trinajstić information content (AvgIpc) is 2.33. The van der Waals surface area contributed by atoms with E-state index in [4.69, 9.17) is 4.74 Å². The minimum Gasteiger partial charge on any atom is -0.478 e. The molecule has 0 bridgehead atoms. The third-order valence-electron chi connectivity index (χ3n) is 2.59. The van der Waals surface area contributed by atoms with Gasteiger partial charge in [-0.15, -0.1) is 0 Å². The highest BCUT2D eigenvalue weighted by molar-refractivity contribution is 5.37. The summed E-state index contributed by atoms with van der Waals surface area (Å²) in [5, 5.41) is 3.35. The third kappa shape index (κ3) is 6.38. The molecule has 1 aromatic heterocycles. The van der Waals surface area contributed by atoms with E-state index < -0.39 is 0 Å². The maximum atomic E-state index is 5.49. The molecule has 0 amide bonds. The van der Waals surface area contributed by atoms with Gasteiger partial charge in [0.15, 0.2) is 0 Å². The van der Waals surface area contributed by atoms with Crippen molar-refractivity contribution in [3.05, 3.63) is 12.4 Å². The van der Waals surface area contributed by atoms with E-state index in [9.17, 15) is 0 Å². The van der Waals surface area contributed by atoms with Crippen molar-refractivity contribution in [3.8, 4) is 5.88 Å². The molecule has 0 unspecified atom stereocenters. The summed E-state index contributed by atoms with van der Waals surface area (Å²) in [6, 6.07) is 1.85. The number of ether oxygens (including phenoxy) is 1. The molecular formula is C14H26N4O. The van der Waals surface area contributed by atoms with Crippen molar-refractivity contribution in [1.29, 1.82) is 0 Å². The smallest absolute Gasteiger partial charge is 0.218 e. The van der Waals surface area contributed by atoms with Gasteiger partial charge in [0, 0.05) is 19.2 Å². The van der Waals surface area contributed by atoms with Crippen LogP contribution in [-0.4, -0.2) is 48.7 Å². The summed E-state index contributed by atoms with van der Waals surface area (Å²) in [6.07, 6.45) is 2.51. The molecule has 1 rings (SSSR count). The first-order valence-corrected chi connectivity index (χ1v) is 6.76. The van der Waals surface area contributed by atoms with Crippen LogP contribution in [0.4, 0.5) is 5.82 Å².